The van der Waals surface area contributed by atoms with Crippen LogP contribution in [0.25, 0.3) is 10.4 Å². The van der Waals surface area contributed by atoms with E-state index in [9.17, 15) is 18.3 Å². The lowest BCUT2D eigenvalue weighted by Crippen LogP contribution is -2.51. The summed E-state index contributed by atoms with van der Waals surface area (Å²) in [7, 11) is -4.06. The summed E-state index contributed by atoms with van der Waals surface area (Å²) in [5.41, 5.74) is 4.08. The Hall–Kier alpha value is -2.91. The van der Waals surface area contributed by atoms with Crippen LogP contribution in [0.15, 0.2) is 65.1 Å². The summed E-state index contributed by atoms with van der Waals surface area (Å²) >= 11 is 1.49. The molecular formula is C36H45N3O8S2. The summed E-state index contributed by atoms with van der Waals surface area (Å²) in [6, 6.07) is 14.0. The second-order valence-electron chi connectivity index (χ2n) is 13.6. The van der Waals surface area contributed by atoms with E-state index >= 15 is 0 Å². The lowest BCUT2D eigenvalue weighted by Gasteiger charge is -2.31. The highest BCUT2D eigenvalue weighted by Gasteiger charge is 2.56. The molecule has 7 rings (SSSR count). The van der Waals surface area contributed by atoms with E-state index in [1.54, 1.807) is 23.8 Å². The molecule has 49 heavy (non-hydrogen) atoms. The summed E-state index contributed by atoms with van der Waals surface area (Å²) < 4.78 is 54.0. The van der Waals surface area contributed by atoms with Crippen LogP contribution < -0.4 is 5.32 Å². The maximum absolute atomic E-state index is 14.5. The lowest BCUT2D eigenvalue weighted by molar-refractivity contribution is -0.169. The van der Waals surface area contributed by atoms with Crippen LogP contribution in [-0.4, -0.2) is 86.4 Å². The minimum Gasteiger partial charge on any atom is -0.445 e. The third kappa shape index (κ3) is 7.88. The molecule has 7 atom stereocenters. The van der Waals surface area contributed by atoms with Crippen LogP contribution >= 0.6 is 11.3 Å². The summed E-state index contributed by atoms with van der Waals surface area (Å²) in [5.74, 6) is 0.408. The number of hydrogen-bond acceptors (Lipinski definition) is 10. The Morgan fingerprint density at radius 2 is 1.88 bits per heavy atom. The SMILES string of the molecule is O=C(N[C@@H](Cc1ccccc1)[C@H](O)CN1CCCCCCCOCc2cc(-c3cncs3)ccc2S1(=O)=O)O[C@H]1C2CO[C@H]3OC[C@@H]1C3C2. The molecule has 1 amide bonds. The number of hydrogen-bond donors (Lipinski definition) is 2. The average molecular weight is 712 g/mol. The fourth-order valence-corrected chi connectivity index (χ4v) is 10.1. The number of carbonyl (C=O) groups excluding carboxylic acids is 1. The maximum Gasteiger partial charge on any atom is 0.407 e. The molecule has 11 nitrogen and oxygen atoms in total. The van der Waals surface area contributed by atoms with Crippen molar-refractivity contribution in [1.29, 1.82) is 0 Å². The number of amides is 1. The standard InChI is InChI=1S/C36H45N3O8S2/c40-31(30(15-24-9-5-4-6-10-24)38-36(41)47-34-27-17-28-29(34)22-46-35(28)45-21-27)19-39-13-7-2-1-3-8-14-44-20-26-16-25(32-18-37-23-48-32)11-12-33(26)49(39,42)43/h4-6,9-12,16,18,23,27-31,34-35,40H,1-3,7-8,13-15,17,19-22H2,(H,38,41)/t27?,28?,29-,30+,31-,34+,35+/m1/s1. The second kappa shape index (κ2) is 15.5. The number of aliphatic hydroxyl groups is 1. The van der Waals surface area contributed by atoms with Gasteiger partial charge in [0.25, 0.3) is 0 Å². The molecule has 13 heteroatoms. The fourth-order valence-electron chi connectivity index (χ4n) is 7.75. The lowest BCUT2D eigenvalue weighted by atomic mass is 9.98. The van der Waals surface area contributed by atoms with E-state index in [4.69, 9.17) is 18.9 Å². The molecule has 2 N–H and O–H groups in total. The molecule has 264 valence electrons. The van der Waals surface area contributed by atoms with Crippen molar-refractivity contribution in [1.82, 2.24) is 14.6 Å². The van der Waals surface area contributed by atoms with Crippen molar-refractivity contribution in [3.63, 3.8) is 0 Å². The van der Waals surface area contributed by atoms with Crippen molar-refractivity contribution in [3.05, 3.63) is 71.4 Å². The van der Waals surface area contributed by atoms with E-state index in [-0.39, 0.29) is 54.7 Å². The minimum absolute atomic E-state index is 0.0815. The van der Waals surface area contributed by atoms with Crippen molar-refractivity contribution >= 4 is 27.5 Å². The average Bonchev–Trinajstić information content (AvgIpc) is 3.84. The van der Waals surface area contributed by atoms with Gasteiger partial charge in [-0.1, -0.05) is 55.7 Å². The van der Waals surface area contributed by atoms with Gasteiger partial charge in [-0.15, -0.1) is 11.3 Å². The number of nitrogens with one attached hydrogen (secondary N) is 1. The number of nitrogens with zero attached hydrogens (tertiary/aromatic N) is 2. The number of carbonyl (C=O) groups is 1. The topological polar surface area (TPSA) is 137 Å². The first-order valence-electron chi connectivity index (χ1n) is 17.4. The van der Waals surface area contributed by atoms with Gasteiger partial charge in [0.1, 0.15) is 6.10 Å². The second-order valence-corrected chi connectivity index (χ2v) is 16.4. The van der Waals surface area contributed by atoms with E-state index in [1.807, 2.05) is 36.4 Å². The molecule has 0 radical (unpaired) electrons. The highest BCUT2D eigenvalue weighted by Crippen LogP contribution is 2.49. The van der Waals surface area contributed by atoms with Crippen LogP contribution in [0.5, 0.6) is 0 Å². The van der Waals surface area contributed by atoms with Crippen LogP contribution in [0.3, 0.4) is 0 Å². The predicted molar refractivity (Wildman–Crippen MR) is 183 cm³/mol. The summed E-state index contributed by atoms with van der Waals surface area (Å²) in [5, 5.41) is 14.8. The van der Waals surface area contributed by atoms with Gasteiger partial charge in [0.2, 0.25) is 10.0 Å². The Morgan fingerprint density at radius 1 is 1.06 bits per heavy atom. The molecule has 3 fully saturated rings. The number of aromatic nitrogens is 1. The summed E-state index contributed by atoms with van der Waals surface area (Å²) in [4.78, 5) is 18.8. The highest BCUT2D eigenvalue weighted by atomic mass is 32.2. The molecule has 2 aromatic carbocycles. The quantitative estimate of drug-likeness (QED) is 0.331. The number of thiazole rings is 1. The molecule has 0 spiro atoms. The van der Waals surface area contributed by atoms with Gasteiger partial charge in [0.15, 0.2) is 6.29 Å². The van der Waals surface area contributed by atoms with Gasteiger partial charge in [-0.25, -0.2) is 13.2 Å². The molecule has 4 heterocycles. The number of fused-ring (bicyclic) bond motifs is 2. The zero-order valence-electron chi connectivity index (χ0n) is 27.5. The van der Waals surface area contributed by atoms with Crippen LogP contribution in [0, 0.1) is 17.8 Å². The van der Waals surface area contributed by atoms with Crippen molar-refractivity contribution in [2.45, 2.75) is 81.0 Å². The van der Waals surface area contributed by atoms with Crippen molar-refractivity contribution < 1.29 is 37.3 Å². The Bertz CT molecular complexity index is 1660. The number of β-amino-alcohol motifs (C(OH)–C–C–N with tert-alkyl or cyclic N) is 1. The molecule has 2 bridgehead atoms. The van der Waals surface area contributed by atoms with Gasteiger partial charge in [0.05, 0.1) is 47.2 Å². The number of benzene rings is 2. The monoisotopic (exact) mass is 711 g/mol. The van der Waals surface area contributed by atoms with Crippen LogP contribution in [0.1, 0.15) is 49.7 Å². The number of ether oxygens (including phenoxy) is 4. The number of alkyl carbamates (subject to hydrolysis) is 1. The van der Waals surface area contributed by atoms with Gasteiger partial charge < -0.3 is 29.4 Å². The zero-order valence-corrected chi connectivity index (χ0v) is 29.2. The van der Waals surface area contributed by atoms with Crippen molar-refractivity contribution in [2.75, 3.05) is 32.9 Å². The highest BCUT2D eigenvalue weighted by molar-refractivity contribution is 7.89. The van der Waals surface area contributed by atoms with Crippen LogP contribution in [0.4, 0.5) is 4.79 Å². The van der Waals surface area contributed by atoms with E-state index in [1.165, 1.54) is 15.6 Å². The molecule has 3 aromatic rings. The van der Waals surface area contributed by atoms with Gasteiger partial charge in [-0.3, -0.25) is 4.98 Å². The summed E-state index contributed by atoms with van der Waals surface area (Å²) in [6.07, 6.45) is 4.91. The number of rotatable bonds is 8. The van der Waals surface area contributed by atoms with Gasteiger partial charge in [-0.05, 0) is 54.5 Å². The molecule has 1 aliphatic carbocycles. The zero-order chi connectivity index (χ0) is 33.8. The van der Waals surface area contributed by atoms with Gasteiger partial charge in [-0.2, -0.15) is 4.31 Å². The van der Waals surface area contributed by atoms with Crippen molar-refractivity contribution in [3.8, 4) is 10.4 Å². The third-order valence-corrected chi connectivity index (χ3v) is 13.1. The van der Waals surface area contributed by atoms with E-state index in [2.05, 4.69) is 10.3 Å². The predicted octanol–water partition coefficient (Wildman–Crippen LogP) is 4.99. The van der Waals surface area contributed by atoms with E-state index in [0.717, 1.165) is 48.1 Å². The first-order valence-corrected chi connectivity index (χ1v) is 19.7. The van der Waals surface area contributed by atoms with Crippen LogP contribution in [-0.2, 0) is 42.0 Å². The molecule has 2 saturated heterocycles. The first-order chi connectivity index (χ1) is 23.9. The van der Waals surface area contributed by atoms with Gasteiger partial charge >= 0.3 is 6.09 Å². The molecule has 3 aliphatic heterocycles. The fraction of sp³-hybridized carbons (Fsp3) is 0.556. The van der Waals surface area contributed by atoms with Gasteiger partial charge in [0, 0.05) is 43.6 Å². The summed E-state index contributed by atoms with van der Waals surface area (Å²) in [6.45, 7) is 1.73. The first kappa shape index (κ1) is 34.5. The smallest absolute Gasteiger partial charge is 0.407 e. The Balaban J connectivity index is 1.13. The molecule has 1 aromatic heterocycles. The molecule has 1 saturated carbocycles. The molecule has 4 aliphatic rings. The van der Waals surface area contributed by atoms with E-state index < -0.39 is 28.3 Å². The Morgan fingerprint density at radius 3 is 2.71 bits per heavy atom. The molecular weight excluding hydrogens is 667 g/mol. The largest absolute Gasteiger partial charge is 0.445 e. The Kier molecular flexibility index (Phi) is 11.0. The molecule has 2 unspecified atom stereocenters. The number of sulfonamides is 1. The maximum atomic E-state index is 14.5. The minimum atomic E-state index is -4.06. The Labute approximate surface area is 292 Å². The van der Waals surface area contributed by atoms with E-state index in [0.29, 0.717) is 38.2 Å². The normalized spacial score (nSPS) is 28.3. The van der Waals surface area contributed by atoms with Crippen LogP contribution in [0.2, 0.25) is 0 Å². The van der Waals surface area contributed by atoms with Crippen molar-refractivity contribution in [2.24, 2.45) is 17.8 Å². The third-order valence-electron chi connectivity index (χ3n) is 10.3. The number of aliphatic hydroxyl groups excluding tert-OH is 1.